The molecule has 19 heavy (non-hydrogen) atoms. The normalized spacial score (nSPS) is 13.4. The second kappa shape index (κ2) is 7.65. The molecule has 3 nitrogen and oxygen atoms in total. The minimum atomic E-state index is -0.972. The molecule has 0 bridgehead atoms. The van der Waals surface area contributed by atoms with E-state index in [1.54, 1.807) is 24.3 Å². The van der Waals surface area contributed by atoms with Gasteiger partial charge in [0.1, 0.15) is 5.75 Å². The Balaban J connectivity index is 2.44. The molecule has 0 aliphatic rings. The van der Waals surface area contributed by atoms with Crippen LogP contribution in [0.3, 0.4) is 0 Å². The van der Waals surface area contributed by atoms with Crippen LogP contribution >= 0.6 is 0 Å². The van der Waals surface area contributed by atoms with E-state index in [2.05, 4.69) is 32.6 Å². The van der Waals surface area contributed by atoms with E-state index in [-0.39, 0.29) is 5.75 Å². The summed E-state index contributed by atoms with van der Waals surface area (Å²) in [5.41, 5.74) is 0. The van der Waals surface area contributed by atoms with E-state index in [4.69, 9.17) is 0 Å². The zero-order valence-electron chi connectivity index (χ0n) is 12.3. The molecule has 0 radical (unpaired) electrons. The van der Waals surface area contributed by atoms with Crippen LogP contribution in [0.1, 0.15) is 34.1 Å². The van der Waals surface area contributed by atoms with Crippen molar-refractivity contribution >= 4 is 10.8 Å². The average molecular weight is 283 g/mol. The van der Waals surface area contributed by atoms with Crippen molar-refractivity contribution in [2.24, 2.45) is 0 Å². The van der Waals surface area contributed by atoms with Gasteiger partial charge < -0.3 is 5.11 Å². The zero-order valence-corrected chi connectivity index (χ0v) is 13.1. The maximum absolute atomic E-state index is 12.1. The summed E-state index contributed by atoms with van der Waals surface area (Å²) >= 11 is 0. The molecular weight excluding hydrogens is 258 g/mol. The Morgan fingerprint density at radius 3 is 2.11 bits per heavy atom. The largest absolute Gasteiger partial charge is 0.508 e. The molecule has 1 atom stereocenters. The van der Waals surface area contributed by atoms with Crippen LogP contribution in [0.5, 0.6) is 5.75 Å². The Bertz CT molecular complexity index is 393. The molecule has 108 valence electrons. The highest BCUT2D eigenvalue weighted by atomic mass is 32.2. The molecule has 0 aromatic heterocycles. The van der Waals surface area contributed by atoms with E-state index in [0.29, 0.717) is 17.8 Å². The van der Waals surface area contributed by atoms with Crippen molar-refractivity contribution in [2.45, 2.75) is 51.1 Å². The molecule has 1 N–H and O–H groups in total. The second-order valence-corrected chi connectivity index (χ2v) is 6.89. The van der Waals surface area contributed by atoms with E-state index in [1.165, 1.54) is 0 Å². The molecule has 0 saturated carbocycles. The maximum atomic E-state index is 12.1. The first-order valence-electron chi connectivity index (χ1n) is 6.85. The molecule has 1 unspecified atom stereocenters. The van der Waals surface area contributed by atoms with Crippen molar-refractivity contribution in [3.8, 4) is 5.75 Å². The number of phenols is 1. The van der Waals surface area contributed by atoms with Gasteiger partial charge in [0.15, 0.2) is 0 Å². The van der Waals surface area contributed by atoms with Crippen molar-refractivity contribution in [2.75, 3.05) is 12.3 Å². The number of rotatable bonds is 7. The zero-order chi connectivity index (χ0) is 14.4. The number of benzene rings is 1. The number of nitrogens with zero attached hydrogens (tertiary/aromatic N) is 1. The van der Waals surface area contributed by atoms with Crippen molar-refractivity contribution in [3.63, 3.8) is 0 Å². The van der Waals surface area contributed by atoms with E-state index in [9.17, 15) is 9.32 Å². The van der Waals surface area contributed by atoms with Crippen LogP contribution in [0.25, 0.3) is 0 Å². The summed E-state index contributed by atoms with van der Waals surface area (Å²) in [5.74, 6) is 0.882. The first-order chi connectivity index (χ1) is 8.91. The monoisotopic (exact) mass is 283 g/mol. The first kappa shape index (κ1) is 16.2. The summed E-state index contributed by atoms with van der Waals surface area (Å²) in [4.78, 5) is 3.20. The van der Waals surface area contributed by atoms with Gasteiger partial charge in [-0.15, -0.1) is 0 Å². The fraction of sp³-hybridized carbons (Fsp3) is 0.600. The molecule has 1 rings (SSSR count). The van der Waals surface area contributed by atoms with Gasteiger partial charge in [0.05, 0.1) is 10.8 Å². The van der Waals surface area contributed by atoms with E-state index in [1.807, 2.05) is 0 Å². The summed E-state index contributed by atoms with van der Waals surface area (Å²) in [6.07, 6.45) is 0.920. The van der Waals surface area contributed by atoms with Gasteiger partial charge >= 0.3 is 0 Å². The molecule has 1 aromatic rings. The van der Waals surface area contributed by atoms with Crippen molar-refractivity contribution in [1.29, 1.82) is 0 Å². The van der Waals surface area contributed by atoms with Crippen LogP contribution in [-0.2, 0) is 10.8 Å². The quantitative estimate of drug-likeness (QED) is 0.836. The lowest BCUT2D eigenvalue weighted by molar-refractivity contribution is 0.176. The van der Waals surface area contributed by atoms with Gasteiger partial charge in [0.2, 0.25) is 0 Å². The SMILES string of the molecule is CC(C)N(CCCS(=O)c1ccc(O)cc1)C(C)C. The molecule has 0 spiro atoms. The van der Waals surface area contributed by atoms with Gasteiger partial charge in [-0.05, 0) is 64.9 Å². The third-order valence-electron chi connectivity index (χ3n) is 3.17. The predicted molar refractivity (Wildman–Crippen MR) is 81.0 cm³/mol. The summed E-state index contributed by atoms with van der Waals surface area (Å²) in [5, 5.41) is 9.20. The van der Waals surface area contributed by atoms with Crippen LogP contribution in [0.4, 0.5) is 0 Å². The highest BCUT2D eigenvalue weighted by molar-refractivity contribution is 7.85. The van der Waals surface area contributed by atoms with Gasteiger partial charge in [0, 0.05) is 22.7 Å². The fourth-order valence-electron chi connectivity index (χ4n) is 2.21. The van der Waals surface area contributed by atoms with Gasteiger partial charge in [-0.25, -0.2) is 0 Å². The summed E-state index contributed by atoms with van der Waals surface area (Å²) < 4.78 is 12.1. The van der Waals surface area contributed by atoms with E-state index in [0.717, 1.165) is 17.9 Å². The van der Waals surface area contributed by atoms with Gasteiger partial charge in [-0.1, -0.05) is 0 Å². The first-order valence-corrected chi connectivity index (χ1v) is 8.17. The minimum absolute atomic E-state index is 0.214. The standard InChI is InChI=1S/C15H25NO2S/c1-12(2)16(13(3)4)10-5-11-19(18)15-8-6-14(17)7-9-15/h6-9,12-13,17H,5,10-11H2,1-4H3. The van der Waals surface area contributed by atoms with Crippen LogP contribution in [0, 0.1) is 0 Å². The lowest BCUT2D eigenvalue weighted by atomic mass is 10.2. The van der Waals surface area contributed by atoms with E-state index < -0.39 is 10.8 Å². The third kappa shape index (κ3) is 5.33. The predicted octanol–water partition coefficient (Wildman–Crippen LogP) is 3.01. The molecule has 0 amide bonds. The van der Waals surface area contributed by atoms with Crippen molar-refractivity contribution in [3.05, 3.63) is 24.3 Å². The van der Waals surface area contributed by atoms with Crippen LogP contribution in [-0.4, -0.2) is 38.6 Å². The molecular formula is C15H25NO2S. The van der Waals surface area contributed by atoms with Gasteiger partial charge in [-0.3, -0.25) is 9.11 Å². The Hall–Kier alpha value is -0.870. The lowest BCUT2D eigenvalue weighted by Crippen LogP contribution is -2.38. The average Bonchev–Trinajstić information content (AvgIpc) is 2.34. The summed E-state index contributed by atoms with van der Waals surface area (Å²) in [6.45, 7) is 9.74. The van der Waals surface area contributed by atoms with Gasteiger partial charge in [0.25, 0.3) is 0 Å². The number of hydrogen-bond acceptors (Lipinski definition) is 3. The maximum Gasteiger partial charge on any atom is 0.115 e. The van der Waals surface area contributed by atoms with Crippen molar-refractivity contribution in [1.82, 2.24) is 4.90 Å². The summed E-state index contributed by atoms with van der Waals surface area (Å²) in [7, 11) is -0.972. The highest BCUT2D eigenvalue weighted by Crippen LogP contribution is 2.14. The van der Waals surface area contributed by atoms with Crippen molar-refractivity contribution < 1.29 is 9.32 Å². The Labute approximate surface area is 119 Å². The summed E-state index contributed by atoms with van der Waals surface area (Å²) in [6, 6.07) is 7.66. The van der Waals surface area contributed by atoms with Crippen LogP contribution in [0.15, 0.2) is 29.2 Å². The Kier molecular flexibility index (Phi) is 6.52. The van der Waals surface area contributed by atoms with Crippen LogP contribution in [0.2, 0.25) is 0 Å². The smallest absolute Gasteiger partial charge is 0.115 e. The number of hydrogen-bond donors (Lipinski definition) is 1. The number of aromatic hydroxyl groups is 1. The Morgan fingerprint density at radius 2 is 1.63 bits per heavy atom. The lowest BCUT2D eigenvalue weighted by Gasteiger charge is -2.30. The van der Waals surface area contributed by atoms with Gasteiger partial charge in [-0.2, -0.15) is 0 Å². The molecule has 0 fully saturated rings. The third-order valence-corrected chi connectivity index (χ3v) is 4.63. The second-order valence-electron chi connectivity index (χ2n) is 5.32. The molecule has 1 aromatic carbocycles. The highest BCUT2D eigenvalue weighted by Gasteiger charge is 2.13. The molecule has 0 saturated heterocycles. The van der Waals surface area contributed by atoms with Crippen LogP contribution < -0.4 is 0 Å². The molecule has 0 heterocycles. The number of phenolic OH excluding ortho intramolecular Hbond substituents is 1. The Morgan fingerprint density at radius 1 is 1.11 bits per heavy atom. The molecule has 0 aliphatic carbocycles. The topological polar surface area (TPSA) is 40.5 Å². The fourth-order valence-corrected chi connectivity index (χ4v) is 3.27. The molecule has 0 aliphatic heterocycles. The van der Waals surface area contributed by atoms with E-state index >= 15 is 0 Å². The minimum Gasteiger partial charge on any atom is -0.508 e. The molecule has 4 heteroatoms.